The molecule has 0 aliphatic heterocycles. The Hall–Kier alpha value is -7.72. The van der Waals surface area contributed by atoms with Crippen molar-refractivity contribution in [2.24, 2.45) is 0 Å². The molecule has 0 aliphatic rings. The third-order valence-corrected chi connectivity index (χ3v) is 12.1. The Morgan fingerprint density at radius 3 is 1.76 bits per heavy atom. The first-order valence-corrected chi connectivity index (χ1v) is 20.0. The number of aromatic nitrogens is 4. The molecule has 3 aromatic heterocycles. The van der Waals surface area contributed by atoms with E-state index in [0.29, 0.717) is 23.0 Å². The fourth-order valence-electron chi connectivity index (χ4n) is 8.16. The number of benzene rings is 8. The highest BCUT2D eigenvalue weighted by molar-refractivity contribution is 7.25. The van der Waals surface area contributed by atoms with Crippen LogP contribution in [-0.2, 0) is 0 Å². The number of nitrogens with zero attached hydrogens (tertiary/aromatic N) is 5. The molecule has 8 aromatic carbocycles. The van der Waals surface area contributed by atoms with Crippen LogP contribution in [-0.4, -0.2) is 19.5 Å². The third kappa shape index (κ3) is 5.64. The van der Waals surface area contributed by atoms with Crippen LogP contribution in [0.2, 0.25) is 0 Å². The second-order valence-corrected chi connectivity index (χ2v) is 15.4. The number of rotatable bonds is 6. The van der Waals surface area contributed by atoms with E-state index >= 15 is 0 Å². The van der Waals surface area contributed by atoms with E-state index in [2.05, 4.69) is 114 Å². The first-order chi connectivity index (χ1) is 28.7. The molecule has 0 saturated carbocycles. The van der Waals surface area contributed by atoms with Crippen LogP contribution in [0, 0.1) is 11.3 Å². The van der Waals surface area contributed by atoms with E-state index in [-0.39, 0.29) is 0 Å². The minimum atomic E-state index is 0.581. The van der Waals surface area contributed by atoms with Crippen LogP contribution in [0.15, 0.2) is 188 Å². The Morgan fingerprint density at radius 2 is 0.983 bits per heavy atom. The van der Waals surface area contributed by atoms with Crippen molar-refractivity contribution in [2.75, 3.05) is 0 Å². The minimum absolute atomic E-state index is 0.581. The molecule has 6 heteroatoms. The molecule has 270 valence electrons. The van der Waals surface area contributed by atoms with Crippen LogP contribution in [0.3, 0.4) is 0 Å². The second kappa shape index (κ2) is 13.8. The molecule has 0 saturated heterocycles. The summed E-state index contributed by atoms with van der Waals surface area (Å²) in [6, 6.07) is 67.4. The zero-order valence-electron chi connectivity index (χ0n) is 31.0. The molecule has 0 bridgehead atoms. The molecular formula is C52H31N5S. The van der Waals surface area contributed by atoms with E-state index in [0.717, 1.165) is 66.4 Å². The summed E-state index contributed by atoms with van der Waals surface area (Å²) in [7, 11) is 0. The van der Waals surface area contributed by atoms with Gasteiger partial charge in [-0.1, -0.05) is 140 Å². The third-order valence-electron chi connectivity index (χ3n) is 10.9. The number of thiophene rings is 1. The van der Waals surface area contributed by atoms with Gasteiger partial charge in [0.1, 0.15) is 0 Å². The molecule has 58 heavy (non-hydrogen) atoms. The van der Waals surface area contributed by atoms with E-state index in [1.54, 1.807) is 0 Å². The van der Waals surface area contributed by atoms with Gasteiger partial charge in [0.05, 0.1) is 28.4 Å². The van der Waals surface area contributed by atoms with Crippen LogP contribution in [0.4, 0.5) is 0 Å². The maximum atomic E-state index is 9.96. The summed E-state index contributed by atoms with van der Waals surface area (Å²) in [4.78, 5) is 15.5. The molecule has 0 unspecified atom stereocenters. The molecule has 0 radical (unpaired) electrons. The first-order valence-electron chi connectivity index (χ1n) is 19.2. The van der Waals surface area contributed by atoms with Crippen molar-refractivity contribution in [1.82, 2.24) is 19.5 Å². The van der Waals surface area contributed by atoms with Crippen molar-refractivity contribution in [3.8, 4) is 68.2 Å². The molecule has 5 nitrogen and oxygen atoms in total. The SMILES string of the molecule is N#Cc1ccccc1-c1ccc2c(c1)c1ccccc1n2-c1ccc(-c2ccc3c(c2)sc2ccccc23)cc1-c1nc(-c2ccccc2)nc(-c2ccccc2)n1. The van der Waals surface area contributed by atoms with E-state index in [9.17, 15) is 5.26 Å². The van der Waals surface area contributed by atoms with Crippen molar-refractivity contribution >= 4 is 53.3 Å². The summed E-state index contributed by atoms with van der Waals surface area (Å²) in [5, 5.41) is 14.7. The van der Waals surface area contributed by atoms with E-state index in [1.165, 1.54) is 20.2 Å². The summed E-state index contributed by atoms with van der Waals surface area (Å²) in [6.45, 7) is 0. The highest BCUT2D eigenvalue weighted by Crippen LogP contribution is 2.41. The van der Waals surface area contributed by atoms with E-state index in [4.69, 9.17) is 15.0 Å². The van der Waals surface area contributed by atoms with Crippen LogP contribution >= 0.6 is 11.3 Å². The Balaban J connectivity index is 1.18. The van der Waals surface area contributed by atoms with Gasteiger partial charge in [0.15, 0.2) is 17.5 Å². The Labute approximate surface area is 338 Å². The fraction of sp³-hybridized carbons (Fsp3) is 0. The van der Waals surface area contributed by atoms with Gasteiger partial charge in [-0.25, -0.2) is 15.0 Å². The summed E-state index contributed by atoms with van der Waals surface area (Å²) in [5.74, 6) is 1.80. The zero-order chi connectivity index (χ0) is 38.6. The van der Waals surface area contributed by atoms with E-state index in [1.807, 2.05) is 96.3 Å². The van der Waals surface area contributed by atoms with Gasteiger partial charge in [-0.05, 0) is 70.8 Å². The summed E-state index contributed by atoms with van der Waals surface area (Å²) >= 11 is 1.82. The number of nitriles is 1. The first kappa shape index (κ1) is 33.6. The quantitative estimate of drug-likeness (QED) is 0.169. The predicted octanol–water partition coefficient (Wildman–Crippen LogP) is 13.5. The van der Waals surface area contributed by atoms with Gasteiger partial charge in [-0.3, -0.25) is 0 Å². The molecule has 0 fully saturated rings. The van der Waals surface area contributed by atoms with Crippen LogP contribution in [0.1, 0.15) is 5.56 Å². The summed E-state index contributed by atoms with van der Waals surface area (Å²) < 4.78 is 4.86. The van der Waals surface area contributed by atoms with Gasteiger partial charge >= 0.3 is 0 Å². The van der Waals surface area contributed by atoms with Crippen molar-refractivity contribution in [1.29, 1.82) is 5.26 Å². The summed E-state index contributed by atoms with van der Waals surface area (Å²) in [5.41, 5.74) is 10.5. The highest BCUT2D eigenvalue weighted by atomic mass is 32.1. The lowest BCUT2D eigenvalue weighted by atomic mass is 9.98. The van der Waals surface area contributed by atoms with Gasteiger partial charge in [-0.2, -0.15) is 5.26 Å². The van der Waals surface area contributed by atoms with Crippen molar-refractivity contribution < 1.29 is 0 Å². The molecule has 3 heterocycles. The highest BCUT2D eigenvalue weighted by Gasteiger charge is 2.21. The molecule has 11 aromatic rings. The van der Waals surface area contributed by atoms with Crippen LogP contribution in [0.5, 0.6) is 0 Å². The lowest BCUT2D eigenvalue weighted by Crippen LogP contribution is -2.04. The normalized spacial score (nSPS) is 11.4. The minimum Gasteiger partial charge on any atom is -0.309 e. The monoisotopic (exact) mass is 757 g/mol. The van der Waals surface area contributed by atoms with Crippen molar-refractivity contribution in [2.45, 2.75) is 0 Å². The Bertz CT molecular complexity index is 3360. The Kier molecular flexibility index (Phi) is 7.99. The largest absolute Gasteiger partial charge is 0.309 e. The lowest BCUT2D eigenvalue weighted by molar-refractivity contribution is 1.06. The zero-order valence-corrected chi connectivity index (χ0v) is 31.9. The molecule has 11 rings (SSSR count). The van der Waals surface area contributed by atoms with E-state index < -0.39 is 0 Å². The molecule has 0 atom stereocenters. The number of hydrogen-bond donors (Lipinski definition) is 0. The molecule has 0 amide bonds. The smallest absolute Gasteiger partial charge is 0.166 e. The van der Waals surface area contributed by atoms with Gasteiger partial charge in [-0.15, -0.1) is 11.3 Å². The van der Waals surface area contributed by atoms with Gasteiger partial charge < -0.3 is 4.57 Å². The topological polar surface area (TPSA) is 67.4 Å². The molecular weight excluding hydrogens is 727 g/mol. The average molecular weight is 758 g/mol. The fourth-order valence-corrected chi connectivity index (χ4v) is 9.30. The van der Waals surface area contributed by atoms with Crippen molar-refractivity contribution in [3.63, 3.8) is 0 Å². The molecule has 0 aliphatic carbocycles. The van der Waals surface area contributed by atoms with Gasteiger partial charge in [0.25, 0.3) is 0 Å². The molecule has 0 spiro atoms. The molecule has 0 N–H and O–H groups in total. The second-order valence-electron chi connectivity index (χ2n) is 14.3. The van der Waals surface area contributed by atoms with Crippen molar-refractivity contribution in [3.05, 3.63) is 194 Å². The Morgan fingerprint density at radius 1 is 0.397 bits per heavy atom. The van der Waals surface area contributed by atoms with Gasteiger partial charge in [0.2, 0.25) is 0 Å². The predicted molar refractivity (Wildman–Crippen MR) is 239 cm³/mol. The van der Waals surface area contributed by atoms with Gasteiger partial charge in [0, 0.05) is 47.6 Å². The average Bonchev–Trinajstić information content (AvgIpc) is 3.84. The lowest BCUT2D eigenvalue weighted by Gasteiger charge is -2.16. The van der Waals surface area contributed by atoms with Crippen LogP contribution in [0.25, 0.3) is 104 Å². The van der Waals surface area contributed by atoms with Crippen LogP contribution < -0.4 is 0 Å². The number of hydrogen-bond acceptors (Lipinski definition) is 5. The number of fused-ring (bicyclic) bond motifs is 6. The standard InChI is InChI=1S/C52H31N5S/c53-32-38-17-7-8-18-39(38)37-25-28-46-43(30-37)40-19-9-11-21-45(40)57(46)47-27-24-35(36-23-26-42-41-20-10-12-22-48(41)58-49(42)31-36)29-44(47)52-55-50(33-13-3-1-4-14-33)54-51(56-52)34-15-5-2-6-16-34/h1-31H. The number of para-hydroxylation sites is 1. The summed E-state index contributed by atoms with van der Waals surface area (Å²) in [6.07, 6.45) is 0. The maximum absolute atomic E-state index is 9.96. The maximum Gasteiger partial charge on any atom is 0.166 e.